The van der Waals surface area contributed by atoms with Crippen molar-refractivity contribution < 1.29 is 19.0 Å². The van der Waals surface area contributed by atoms with Crippen LogP contribution in [0, 0.1) is 5.82 Å². The molecule has 1 aromatic carbocycles. The predicted octanol–water partition coefficient (Wildman–Crippen LogP) is 4.51. The lowest BCUT2D eigenvalue weighted by Gasteiger charge is -2.32. The first kappa shape index (κ1) is 23.8. The van der Waals surface area contributed by atoms with Crippen molar-refractivity contribution in [1.29, 1.82) is 0 Å². The number of pyridine rings is 1. The molecule has 2 heterocycles. The normalized spacial score (nSPS) is 14.9. The summed E-state index contributed by atoms with van der Waals surface area (Å²) < 4.78 is 19.7. The summed E-state index contributed by atoms with van der Waals surface area (Å²) in [5.41, 5.74) is -0.0856. The number of nitrogens with one attached hydrogen (secondary N) is 2. The molecule has 1 saturated carbocycles. The topological polar surface area (TPSA) is 109 Å². The molecule has 34 heavy (non-hydrogen) atoms. The molecule has 3 aromatic rings. The Kier molecular flexibility index (Phi) is 7.23. The van der Waals surface area contributed by atoms with Crippen molar-refractivity contribution in [2.24, 2.45) is 0 Å². The van der Waals surface area contributed by atoms with Gasteiger partial charge in [-0.1, -0.05) is 30.9 Å². The van der Waals surface area contributed by atoms with E-state index in [1.165, 1.54) is 43.9 Å². The van der Waals surface area contributed by atoms with Crippen LogP contribution in [-0.2, 0) is 0 Å². The minimum atomic E-state index is -0.893. The molecule has 0 spiro atoms. The van der Waals surface area contributed by atoms with E-state index in [4.69, 9.17) is 16.3 Å². The molecule has 0 bridgehead atoms. The number of halogens is 2. The fourth-order valence-electron chi connectivity index (χ4n) is 3.95. The number of methoxy groups -OCH3 is 1. The number of anilines is 2. The van der Waals surface area contributed by atoms with Crippen molar-refractivity contribution in [3.05, 3.63) is 59.3 Å². The number of carbonyl (C=O) groups excluding carboxylic acids is 1. The third-order valence-electron chi connectivity index (χ3n) is 5.83. The molecule has 0 saturated heterocycles. The van der Waals surface area contributed by atoms with Crippen molar-refractivity contribution in [3.8, 4) is 17.1 Å². The zero-order chi connectivity index (χ0) is 24.1. The Hall–Kier alpha value is -3.30. The Morgan fingerprint density at radius 2 is 2.03 bits per heavy atom. The fourth-order valence-corrected chi connectivity index (χ4v) is 4.12. The lowest BCUT2D eigenvalue weighted by atomic mass is 9.85. The van der Waals surface area contributed by atoms with Crippen LogP contribution < -0.4 is 15.4 Å². The van der Waals surface area contributed by atoms with Gasteiger partial charge in [0, 0.05) is 24.0 Å². The van der Waals surface area contributed by atoms with Gasteiger partial charge in [0.1, 0.15) is 5.82 Å². The molecule has 2 aromatic heterocycles. The van der Waals surface area contributed by atoms with Crippen molar-refractivity contribution in [2.75, 3.05) is 19.0 Å². The Labute approximate surface area is 201 Å². The summed E-state index contributed by atoms with van der Waals surface area (Å²) in [7, 11) is 1.45. The highest BCUT2D eigenvalue weighted by Crippen LogP contribution is 2.31. The van der Waals surface area contributed by atoms with Crippen LogP contribution in [0.15, 0.2) is 42.9 Å². The Bertz CT molecular complexity index is 1190. The first-order valence-electron chi connectivity index (χ1n) is 11.0. The highest BCUT2D eigenvalue weighted by Gasteiger charge is 2.30. The zero-order valence-electron chi connectivity index (χ0n) is 18.6. The van der Waals surface area contributed by atoms with E-state index < -0.39 is 11.4 Å². The first-order valence-corrected chi connectivity index (χ1v) is 11.3. The minimum absolute atomic E-state index is 0.0999. The average Bonchev–Trinajstić information content (AvgIpc) is 2.85. The highest BCUT2D eigenvalue weighted by atomic mass is 35.5. The van der Waals surface area contributed by atoms with E-state index in [2.05, 4.69) is 25.6 Å². The second-order valence-electron chi connectivity index (χ2n) is 8.25. The van der Waals surface area contributed by atoms with E-state index in [1.54, 1.807) is 6.07 Å². The Morgan fingerprint density at radius 3 is 2.79 bits per heavy atom. The van der Waals surface area contributed by atoms with Gasteiger partial charge in [0.25, 0.3) is 5.91 Å². The van der Waals surface area contributed by atoms with Crippen molar-refractivity contribution in [3.63, 3.8) is 0 Å². The largest absolute Gasteiger partial charge is 0.491 e. The number of benzene rings is 1. The smallest absolute Gasteiger partial charge is 0.255 e. The molecule has 178 valence electrons. The average molecular weight is 486 g/mol. The number of aliphatic hydroxyl groups is 1. The lowest BCUT2D eigenvalue weighted by Crippen LogP contribution is -2.44. The second-order valence-corrected chi connectivity index (χ2v) is 8.69. The molecule has 0 aliphatic heterocycles. The minimum Gasteiger partial charge on any atom is -0.491 e. The molecule has 8 nitrogen and oxygen atoms in total. The lowest BCUT2D eigenvalue weighted by molar-refractivity contribution is 0.00526. The van der Waals surface area contributed by atoms with Gasteiger partial charge in [0.05, 0.1) is 35.7 Å². The maximum atomic E-state index is 14.4. The quantitative estimate of drug-likeness (QED) is 0.451. The molecule has 3 N–H and O–H groups in total. The summed E-state index contributed by atoms with van der Waals surface area (Å²) in [6, 6.07) is 5.73. The van der Waals surface area contributed by atoms with Crippen LogP contribution in [0.1, 0.15) is 42.5 Å². The number of hydrogen-bond acceptors (Lipinski definition) is 7. The molecule has 0 unspecified atom stereocenters. The first-order chi connectivity index (χ1) is 16.4. The maximum absolute atomic E-state index is 14.4. The monoisotopic (exact) mass is 485 g/mol. The van der Waals surface area contributed by atoms with Crippen molar-refractivity contribution >= 4 is 29.0 Å². The second kappa shape index (κ2) is 10.3. The number of nitrogens with zero attached hydrogens (tertiary/aromatic N) is 3. The maximum Gasteiger partial charge on any atom is 0.255 e. The molecule has 1 aliphatic carbocycles. The summed E-state index contributed by atoms with van der Waals surface area (Å²) in [6.45, 7) is 0.162. The van der Waals surface area contributed by atoms with Gasteiger partial charge in [-0.25, -0.2) is 14.4 Å². The number of rotatable bonds is 7. The van der Waals surface area contributed by atoms with E-state index in [1.807, 2.05) is 0 Å². The Morgan fingerprint density at radius 1 is 1.24 bits per heavy atom. The molecule has 0 atom stereocenters. The van der Waals surface area contributed by atoms with E-state index in [-0.39, 0.29) is 35.2 Å². The fraction of sp³-hybridized carbons (Fsp3) is 0.333. The number of ether oxygens (including phenoxy) is 1. The summed E-state index contributed by atoms with van der Waals surface area (Å²) >= 11 is 6.01. The molecule has 1 fully saturated rings. The predicted molar refractivity (Wildman–Crippen MR) is 127 cm³/mol. The van der Waals surface area contributed by atoms with Crippen LogP contribution in [0.3, 0.4) is 0 Å². The molecular weight excluding hydrogens is 461 g/mol. The van der Waals surface area contributed by atoms with E-state index in [9.17, 15) is 14.3 Å². The van der Waals surface area contributed by atoms with Crippen LogP contribution in [0.25, 0.3) is 11.4 Å². The van der Waals surface area contributed by atoms with Crippen molar-refractivity contribution in [1.82, 2.24) is 20.3 Å². The molecule has 1 amide bonds. The third-order valence-corrected chi connectivity index (χ3v) is 6.06. The summed E-state index contributed by atoms with van der Waals surface area (Å²) in [5, 5.41) is 16.9. The van der Waals surface area contributed by atoms with E-state index in [0.29, 0.717) is 29.3 Å². The summed E-state index contributed by atoms with van der Waals surface area (Å²) in [6.07, 6.45) is 8.65. The van der Waals surface area contributed by atoms with Crippen LogP contribution >= 0.6 is 11.6 Å². The van der Waals surface area contributed by atoms with Crippen LogP contribution in [0.4, 0.5) is 15.9 Å². The molecule has 1 aliphatic rings. The third kappa shape index (κ3) is 5.43. The highest BCUT2D eigenvalue weighted by molar-refractivity contribution is 6.30. The zero-order valence-corrected chi connectivity index (χ0v) is 19.4. The molecule has 0 radical (unpaired) electrons. The number of hydrogen-bond donors (Lipinski definition) is 3. The number of aromatic nitrogens is 3. The van der Waals surface area contributed by atoms with Gasteiger partial charge in [-0.05, 0) is 37.1 Å². The van der Waals surface area contributed by atoms with Gasteiger partial charge in [-0.2, -0.15) is 0 Å². The molecule has 10 heteroatoms. The van der Waals surface area contributed by atoms with Gasteiger partial charge in [-0.3, -0.25) is 9.78 Å². The van der Waals surface area contributed by atoms with Crippen LogP contribution in [0.2, 0.25) is 5.02 Å². The van der Waals surface area contributed by atoms with E-state index >= 15 is 0 Å². The number of carbonyl (C=O) groups is 1. The standard InChI is InChI=1S/C24H25ClFN5O3/c1-34-20-13-28-21(16-11-15(25)5-6-18(16)26)31-22(20)30-19-7-10-27-12-17(19)23(32)29-14-24(33)8-3-2-4-9-24/h5-7,10-13,33H,2-4,8-9,14H2,1H3,(H,29,32)(H,27,28,30,31). The van der Waals surface area contributed by atoms with Gasteiger partial charge in [0.2, 0.25) is 0 Å². The molecule has 4 rings (SSSR count). The Balaban J connectivity index is 1.59. The van der Waals surface area contributed by atoms with Gasteiger partial charge >= 0.3 is 0 Å². The van der Waals surface area contributed by atoms with Gasteiger partial charge in [0.15, 0.2) is 17.4 Å². The number of amides is 1. The van der Waals surface area contributed by atoms with E-state index in [0.717, 1.165) is 19.3 Å². The molecular formula is C24H25ClFN5O3. The van der Waals surface area contributed by atoms with Gasteiger partial charge < -0.3 is 20.5 Å². The van der Waals surface area contributed by atoms with Crippen molar-refractivity contribution in [2.45, 2.75) is 37.7 Å². The van der Waals surface area contributed by atoms with Crippen LogP contribution in [-0.4, -0.2) is 45.2 Å². The summed E-state index contributed by atoms with van der Waals surface area (Å²) in [5.74, 6) is -0.277. The van der Waals surface area contributed by atoms with Gasteiger partial charge in [-0.15, -0.1) is 0 Å². The SMILES string of the molecule is COc1cnc(-c2cc(Cl)ccc2F)nc1Nc1ccncc1C(=O)NCC1(O)CCCCC1. The van der Waals surface area contributed by atoms with Crippen LogP contribution in [0.5, 0.6) is 5.75 Å². The summed E-state index contributed by atoms with van der Waals surface area (Å²) in [4.78, 5) is 25.6.